The van der Waals surface area contributed by atoms with Crippen molar-refractivity contribution in [3.8, 4) is 0 Å². The van der Waals surface area contributed by atoms with Gasteiger partial charge in [0.2, 0.25) is 0 Å². The Balaban J connectivity index is 2.44. The van der Waals surface area contributed by atoms with E-state index in [1.807, 2.05) is 0 Å². The molecule has 1 heterocycles. The van der Waals surface area contributed by atoms with Crippen LogP contribution in [0, 0.1) is 0 Å². The molecule has 0 atom stereocenters. The third-order valence-corrected chi connectivity index (χ3v) is 2.72. The van der Waals surface area contributed by atoms with E-state index in [0.29, 0.717) is 5.54 Å². The van der Waals surface area contributed by atoms with Gasteiger partial charge in [0.25, 0.3) is 0 Å². The highest BCUT2D eigenvalue weighted by Gasteiger charge is 2.28. The van der Waals surface area contributed by atoms with Gasteiger partial charge in [0.15, 0.2) is 0 Å². The molecule has 0 aromatic rings. The summed E-state index contributed by atoms with van der Waals surface area (Å²) in [7, 11) is 0. The minimum Gasteiger partial charge on any atom is -0.314 e. The Hall–Kier alpha value is -0.0800. The molecule has 1 fully saturated rings. The van der Waals surface area contributed by atoms with Crippen molar-refractivity contribution in [1.82, 2.24) is 10.6 Å². The molecule has 1 rings (SSSR count). The Morgan fingerprint density at radius 3 is 2.17 bits per heavy atom. The second kappa shape index (κ2) is 4.83. The molecule has 0 spiro atoms. The molecule has 0 radical (unpaired) electrons. The number of hydrogen-bond donors (Lipinski definition) is 2. The molecule has 72 valence electrons. The topological polar surface area (TPSA) is 24.1 Å². The van der Waals surface area contributed by atoms with E-state index in [4.69, 9.17) is 0 Å². The van der Waals surface area contributed by atoms with Gasteiger partial charge in [0.1, 0.15) is 0 Å². The zero-order valence-corrected chi connectivity index (χ0v) is 8.45. The van der Waals surface area contributed by atoms with E-state index in [2.05, 4.69) is 24.5 Å². The molecule has 1 aliphatic rings. The monoisotopic (exact) mass is 170 g/mol. The number of piperazine rings is 1. The van der Waals surface area contributed by atoms with Crippen LogP contribution in [0.4, 0.5) is 0 Å². The molecule has 2 heteroatoms. The van der Waals surface area contributed by atoms with Crippen LogP contribution in [0.25, 0.3) is 0 Å². The van der Waals surface area contributed by atoms with Crippen LogP contribution >= 0.6 is 0 Å². The van der Waals surface area contributed by atoms with Crippen LogP contribution in [0.3, 0.4) is 0 Å². The lowest BCUT2D eigenvalue weighted by atomic mass is 9.87. The molecule has 0 amide bonds. The third-order valence-electron chi connectivity index (χ3n) is 2.72. The Kier molecular flexibility index (Phi) is 4.02. The predicted octanol–water partition coefficient (Wildman–Crippen LogP) is 1.52. The average Bonchev–Trinajstić information content (AvgIpc) is 2.07. The standard InChI is InChI=1S/C10H22N2/c1-3-5-10(6-4-2)9-11-7-8-12-10/h11-12H,3-9H2,1-2H3. The highest BCUT2D eigenvalue weighted by atomic mass is 15.1. The summed E-state index contributed by atoms with van der Waals surface area (Å²) in [5.41, 5.74) is 0.418. The molecule has 12 heavy (non-hydrogen) atoms. The highest BCUT2D eigenvalue weighted by Crippen LogP contribution is 2.20. The lowest BCUT2D eigenvalue weighted by molar-refractivity contribution is 0.234. The van der Waals surface area contributed by atoms with Crippen molar-refractivity contribution in [1.29, 1.82) is 0 Å². The molecule has 2 N–H and O–H groups in total. The molecule has 0 aromatic carbocycles. The van der Waals surface area contributed by atoms with E-state index in [-0.39, 0.29) is 0 Å². The predicted molar refractivity (Wildman–Crippen MR) is 53.4 cm³/mol. The molecular weight excluding hydrogens is 148 g/mol. The molecule has 0 aromatic heterocycles. The van der Waals surface area contributed by atoms with Gasteiger partial charge in [-0.1, -0.05) is 26.7 Å². The SMILES string of the molecule is CCCC1(CCC)CNCCN1. The maximum Gasteiger partial charge on any atom is 0.0306 e. The van der Waals surface area contributed by atoms with Crippen LogP contribution in [-0.2, 0) is 0 Å². The lowest BCUT2D eigenvalue weighted by Gasteiger charge is -2.39. The van der Waals surface area contributed by atoms with Gasteiger partial charge in [-0.3, -0.25) is 0 Å². The third kappa shape index (κ3) is 2.46. The zero-order valence-electron chi connectivity index (χ0n) is 8.45. The van der Waals surface area contributed by atoms with Crippen molar-refractivity contribution in [2.45, 2.75) is 45.1 Å². The van der Waals surface area contributed by atoms with Crippen LogP contribution in [0.5, 0.6) is 0 Å². The van der Waals surface area contributed by atoms with Crippen molar-refractivity contribution >= 4 is 0 Å². The van der Waals surface area contributed by atoms with Crippen LogP contribution in [0.2, 0.25) is 0 Å². The van der Waals surface area contributed by atoms with Gasteiger partial charge < -0.3 is 10.6 Å². The molecule has 1 saturated heterocycles. The van der Waals surface area contributed by atoms with E-state index < -0.39 is 0 Å². The maximum absolute atomic E-state index is 3.67. The van der Waals surface area contributed by atoms with Crippen molar-refractivity contribution in [3.63, 3.8) is 0 Å². The molecule has 2 nitrogen and oxygen atoms in total. The summed E-state index contributed by atoms with van der Waals surface area (Å²) in [4.78, 5) is 0. The second-order valence-electron chi connectivity index (χ2n) is 3.88. The van der Waals surface area contributed by atoms with Gasteiger partial charge in [-0.15, -0.1) is 0 Å². The summed E-state index contributed by atoms with van der Waals surface area (Å²) >= 11 is 0. The van der Waals surface area contributed by atoms with Crippen molar-refractivity contribution in [3.05, 3.63) is 0 Å². The van der Waals surface area contributed by atoms with Crippen LogP contribution < -0.4 is 10.6 Å². The van der Waals surface area contributed by atoms with Crippen LogP contribution in [-0.4, -0.2) is 25.2 Å². The normalized spacial score (nSPS) is 22.5. The molecule has 0 unspecified atom stereocenters. The van der Waals surface area contributed by atoms with Crippen molar-refractivity contribution in [2.24, 2.45) is 0 Å². The second-order valence-corrected chi connectivity index (χ2v) is 3.88. The summed E-state index contributed by atoms with van der Waals surface area (Å²) in [6, 6.07) is 0. The van der Waals surface area contributed by atoms with Gasteiger partial charge in [0.05, 0.1) is 0 Å². The maximum atomic E-state index is 3.67. The van der Waals surface area contributed by atoms with Gasteiger partial charge in [-0.2, -0.15) is 0 Å². The quantitative estimate of drug-likeness (QED) is 0.668. The fourth-order valence-corrected chi connectivity index (χ4v) is 2.24. The molecule has 0 bridgehead atoms. The fourth-order valence-electron chi connectivity index (χ4n) is 2.24. The first kappa shape index (κ1) is 10.0. The van der Waals surface area contributed by atoms with Gasteiger partial charge in [-0.25, -0.2) is 0 Å². The van der Waals surface area contributed by atoms with E-state index in [1.165, 1.54) is 25.7 Å². The van der Waals surface area contributed by atoms with Gasteiger partial charge in [0, 0.05) is 25.2 Å². The molecular formula is C10H22N2. The number of nitrogens with one attached hydrogen (secondary N) is 2. The minimum atomic E-state index is 0.418. The van der Waals surface area contributed by atoms with Gasteiger partial charge in [-0.05, 0) is 12.8 Å². The lowest BCUT2D eigenvalue weighted by Crippen LogP contribution is -2.58. The minimum absolute atomic E-state index is 0.418. The first-order valence-corrected chi connectivity index (χ1v) is 5.29. The smallest absolute Gasteiger partial charge is 0.0306 e. The fraction of sp³-hybridized carbons (Fsp3) is 1.00. The summed E-state index contributed by atoms with van der Waals surface area (Å²) in [6.07, 6.45) is 5.20. The Bertz CT molecular complexity index is 101. The zero-order chi connectivity index (χ0) is 8.86. The van der Waals surface area contributed by atoms with Crippen molar-refractivity contribution < 1.29 is 0 Å². The van der Waals surface area contributed by atoms with E-state index in [0.717, 1.165) is 19.6 Å². The number of hydrogen-bond acceptors (Lipinski definition) is 2. The highest BCUT2D eigenvalue weighted by molar-refractivity contribution is 4.92. The van der Waals surface area contributed by atoms with Crippen LogP contribution in [0.15, 0.2) is 0 Å². The average molecular weight is 170 g/mol. The van der Waals surface area contributed by atoms with Gasteiger partial charge >= 0.3 is 0 Å². The number of rotatable bonds is 4. The summed E-state index contributed by atoms with van der Waals surface area (Å²) in [5, 5.41) is 7.15. The molecule has 0 aliphatic carbocycles. The Morgan fingerprint density at radius 2 is 1.75 bits per heavy atom. The first-order chi connectivity index (χ1) is 5.83. The molecule has 1 aliphatic heterocycles. The summed E-state index contributed by atoms with van der Waals surface area (Å²) in [5.74, 6) is 0. The Labute approximate surface area is 76.1 Å². The summed E-state index contributed by atoms with van der Waals surface area (Å²) < 4.78 is 0. The molecule has 0 saturated carbocycles. The van der Waals surface area contributed by atoms with Crippen LogP contribution in [0.1, 0.15) is 39.5 Å². The largest absolute Gasteiger partial charge is 0.314 e. The Morgan fingerprint density at radius 1 is 1.08 bits per heavy atom. The van der Waals surface area contributed by atoms with E-state index >= 15 is 0 Å². The van der Waals surface area contributed by atoms with E-state index in [1.54, 1.807) is 0 Å². The first-order valence-electron chi connectivity index (χ1n) is 5.29. The van der Waals surface area contributed by atoms with Crippen molar-refractivity contribution in [2.75, 3.05) is 19.6 Å². The summed E-state index contributed by atoms with van der Waals surface area (Å²) in [6.45, 7) is 7.98. The van der Waals surface area contributed by atoms with E-state index in [9.17, 15) is 0 Å².